The zero-order valence-corrected chi connectivity index (χ0v) is 12.1. The Labute approximate surface area is 116 Å². The molecule has 1 N–H and O–H groups in total. The first-order valence-electron chi connectivity index (χ1n) is 6.18. The average Bonchev–Trinajstić information content (AvgIpc) is 2.38. The molecule has 2 rings (SSSR count). The van der Waals surface area contributed by atoms with Gasteiger partial charge in [-0.2, -0.15) is 0 Å². The Kier molecular flexibility index (Phi) is 4.72. The second-order valence-electron chi connectivity index (χ2n) is 4.75. The molecule has 5 heteroatoms. The molecule has 18 heavy (non-hydrogen) atoms. The number of hydrogen-bond donors (Lipinski definition) is 1. The van der Waals surface area contributed by atoms with Gasteiger partial charge in [0.15, 0.2) is 0 Å². The summed E-state index contributed by atoms with van der Waals surface area (Å²) in [5.74, 6) is 0.406. The summed E-state index contributed by atoms with van der Waals surface area (Å²) in [6.45, 7) is 2.83. The van der Waals surface area contributed by atoms with E-state index in [0.717, 1.165) is 19.5 Å². The number of hydrogen-bond acceptors (Lipinski definition) is 3. The summed E-state index contributed by atoms with van der Waals surface area (Å²) in [5.41, 5.74) is 0.483. The van der Waals surface area contributed by atoms with Gasteiger partial charge in [0.1, 0.15) is 5.69 Å². The Morgan fingerprint density at radius 1 is 1.61 bits per heavy atom. The van der Waals surface area contributed by atoms with Crippen LogP contribution in [0.4, 0.5) is 0 Å². The van der Waals surface area contributed by atoms with Gasteiger partial charge >= 0.3 is 0 Å². The number of piperidine rings is 1. The molecule has 1 fully saturated rings. The van der Waals surface area contributed by atoms with Crippen LogP contribution in [0.5, 0.6) is 0 Å². The van der Waals surface area contributed by atoms with Gasteiger partial charge in [-0.25, -0.2) is 0 Å². The number of pyridine rings is 1. The normalized spacial score (nSPS) is 24.8. The van der Waals surface area contributed by atoms with E-state index in [-0.39, 0.29) is 5.91 Å². The van der Waals surface area contributed by atoms with Crippen LogP contribution in [-0.2, 0) is 0 Å². The zero-order valence-electron chi connectivity index (χ0n) is 10.5. The van der Waals surface area contributed by atoms with E-state index in [1.165, 1.54) is 0 Å². The molecule has 0 saturated carbocycles. The van der Waals surface area contributed by atoms with Gasteiger partial charge < -0.3 is 10.2 Å². The number of halogens is 1. The number of aromatic nitrogens is 1. The topological polar surface area (TPSA) is 45.2 Å². The van der Waals surface area contributed by atoms with Gasteiger partial charge in [0, 0.05) is 24.1 Å². The van der Waals surface area contributed by atoms with Gasteiger partial charge in [-0.15, -0.1) is 0 Å². The molecular formula is C13H18BrN3O. The number of likely N-dealkylation sites (tertiary alicyclic amines) is 1. The number of alkyl halides is 1. The number of rotatable bonds is 3. The molecule has 0 bridgehead atoms. The third-order valence-corrected chi connectivity index (χ3v) is 4.34. The van der Waals surface area contributed by atoms with Crippen LogP contribution in [0.15, 0.2) is 24.4 Å². The first-order chi connectivity index (χ1) is 8.66. The molecule has 0 aliphatic carbocycles. The molecule has 2 atom stereocenters. The minimum atomic E-state index is -0.0887. The SMILES string of the molecule is CN1CCC(CNC(=O)c2ccccn2)C(Br)C1. The maximum Gasteiger partial charge on any atom is 0.269 e. The predicted molar refractivity (Wildman–Crippen MR) is 74.9 cm³/mol. The van der Waals surface area contributed by atoms with Gasteiger partial charge in [0.25, 0.3) is 5.91 Å². The highest BCUT2D eigenvalue weighted by Gasteiger charge is 2.25. The van der Waals surface area contributed by atoms with Crippen LogP contribution in [0.25, 0.3) is 0 Å². The molecule has 1 amide bonds. The fourth-order valence-corrected chi connectivity index (χ4v) is 3.09. The Bertz CT molecular complexity index is 398. The van der Waals surface area contributed by atoms with Gasteiger partial charge in [-0.05, 0) is 38.1 Å². The van der Waals surface area contributed by atoms with Crippen molar-refractivity contribution in [1.29, 1.82) is 0 Å². The minimum absolute atomic E-state index is 0.0887. The summed E-state index contributed by atoms with van der Waals surface area (Å²) in [7, 11) is 2.12. The summed E-state index contributed by atoms with van der Waals surface area (Å²) >= 11 is 3.69. The molecule has 4 nitrogen and oxygen atoms in total. The summed E-state index contributed by atoms with van der Waals surface area (Å²) in [4.78, 5) is 18.6. The minimum Gasteiger partial charge on any atom is -0.350 e. The zero-order chi connectivity index (χ0) is 13.0. The maximum atomic E-state index is 11.9. The van der Waals surface area contributed by atoms with Crippen molar-refractivity contribution in [1.82, 2.24) is 15.2 Å². The third-order valence-electron chi connectivity index (χ3n) is 3.30. The summed E-state index contributed by atoms with van der Waals surface area (Å²) in [5, 5.41) is 2.96. The van der Waals surface area contributed by atoms with Crippen molar-refractivity contribution >= 4 is 21.8 Å². The molecular weight excluding hydrogens is 294 g/mol. The van der Waals surface area contributed by atoms with Crippen molar-refractivity contribution in [2.45, 2.75) is 11.2 Å². The largest absolute Gasteiger partial charge is 0.350 e. The van der Waals surface area contributed by atoms with Gasteiger partial charge in [-0.1, -0.05) is 22.0 Å². The van der Waals surface area contributed by atoms with Gasteiger partial charge in [0.05, 0.1) is 0 Å². The van der Waals surface area contributed by atoms with Crippen LogP contribution in [0, 0.1) is 5.92 Å². The van der Waals surface area contributed by atoms with E-state index in [4.69, 9.17) is 0 Å². The highest BCUT2D eigenvalue weighted by molar-refractivity contribution is 9.09. The summed E-state index contributed by atoms with van der Waals surface area (Å²) in [6, 6.07) is 5.36. The second-order valence-corrected chi connectivity index (χ2v) is 5.93. The molecule has 1 aliphatic heterocycles. The fourth-order valence-electron chi connectivity index (χ4n) is 2.15. The molecule has 0 spiro atoms. The summed E-state index contributed by atoms with van der Waals surface area (Å²) < 4.78 is 0. The average molecular weight is 312 g/mol. The third kappa shape index (κ3) is 3.53. The highest BCUT2D eigenvalue weighted by atomic mass is 79.9. The van der Waals surface area contributed by atoms with E-state index in [9.17, 15) is 4.79 Å². The van der Waals surface area contributed by atoms with E-state index in [0.29, 0.717) is 23.0 Å². The maximum absolute atomic E-state index is 11.9. The Balaban J connectivity index is 1.83. The highest BCUT2D eigenvalue weighted by Crippen LogP contribution is 2.22. The lowest BCUT2D eigenvalue weighted by atomic mass is 9.97. The lowest BCUT2D eigenvalue weighted by Crippen LogP contribution is -2.43. The van der Waals surface area contributed by atoms with Crippen LogP contribution in [-0.4, -0.2) is 47.3 Å². The molecule has 2 heterocycles. The Morgan fingerprint density at radius 2 is 2.44 bits per heavy atom. The van der Waals surface area contributed by atoms with Crippen molar-refractivity contribution < 1.29 is 4.79 Å². The standard InChI is InChI=1S/C13H18BrN3O/c1-17-7-5-10(11(14)9-17)8-16-13(18)12-4-2-3-6-15-12/h2-4,6,10-11H,5,7-9H2,1H3,(H,16,18). The van der Waals surface area contributed by atoms with Crippen LogP contribution >= 0.6 is 15.9 Å². The van der Waals surface area contributed by atoms with E-state index >= 15 is 0 Å². The Morgan fingerprint density at radius 3 is 3.11 bits per heavy atom. The van der Waals surface area contributed by atoms with E-state index in [2.05, 4.69) is 38.2 Å². The first kappa shape index (κ1) is 13.5. The smallest absolute Gasteiger partial charge is 0.269 e. The Hall–Kier alpha value is -0.940. The van der Waals surface area contributed by atoms with Crippen molar-refractivity contribution in [3.63, 3.8) is 0 Å². The van der Waals surface area contributed by atoms with Crippen LogP contribution in [0.2, 0.25) is 0 Å². The molecule has 1 aromatic heterocycles. The van der Waals surface area contributed by atoms with E-state index in [1.807, 2.05) is 12.1 Å². The first-order valence-corrected chi connectivity index (χ1v) is 7.10. The predicted octanol–water partition coefficient (Wildman–Crippen LogP) is 1.53. The molecule has 98 valence electrons. The van der Waals surface area contributed by atoms with Crippen LogP contribution in [0.3, 0.4) is 0 Å². The van der Waals surface area contributed by atoms with Crippen molar-refractivity contribution in [3.8, 4) is 0 Å². The monoisotopic (exact) mass is 311 g/mol. The molecule has 1 aromatic rings. The molecule has 0 aromatic carbocycles. The molecule has 2 unspecified atom stereocenters. The second kappa shape index (κ2) is 6.29. The quantitative estimate of drug-likeness (QED) is 0.861. The molecule has 1 aliphatic rings. The van der Waals surface area contributed by atoms with E-state index in [1.54, 1.807) is 12.3 Å². The lowest BCUT2D eigenvalue weighted by molar-refractivity contribution is 0.0936. The number of nitrogens with zero attached hydrogens (tertiary/aromatic N) is 2. The van der Waals surface area contributed by atoms with Crippen molar-refractivity contribution in [2.75, 3.05) is 26.7 Å². The summed E-state index contributed by atoms with van der Waals surface area (Å²) in [6.07, 6.45) is 2.74. The number of nitrogens with one attached hydrogen (secondary N) is 1. The fraction of sp³-hybridized carbons (Fsp3) is 0.538. The van der Waals surface area contributed by atoms with Gasteiger partial charge in [0.2, 0.25) is 0 Å². The molecule has 0 radical (unpaired) electrons. The lowest BCUT2D eigenvalue weighted by Gasteiger charge is -2.33. The van der Waals surface area contributed by atoms with Crippen LogP contribution < -0.4 is 5.32 Å². The van der Waals surface area contributed by atoms with Crippen molar-refractivity contribution in [3.05, 3.63) is 30.1 Å². The van der Waals surface area contributed by atoms with Gasteiger partial charge in [-0.3, -0.25) is 9.78 Å². The van der Waals surface area contributed by atoms with E-state index < -0.39 is 0 Å². The van der Waals surface area contributed by atoms with Crippen molar-refractivity contribution in [2.24, 2.45) is 5.92 Å². The number of amides is 1. The van der Waals surface area contributed by atoms with Crippen LogP contribution in [0.1, 0.15) is 16.9 Å². The number of carbonyl (C=O) groups excluding carboxylic acids is 1. The molecule has 1 saturated heterocycles. The number of carbonyl (C=O) groups is 1.